The number of aryl methyl sites for hydroxylation is 1. The van der Waals surface area contributed by atoms with Gasteiger partial charge in [0.1, 0.15) is 21.8 Å². The molecule has 0 saturated carbocycles. The molecular formula is C29H27N5O4S. The fourth-order valence-electron chi connectivity index (χ4n) is 5.32. The molecule has 0 radical (unpaired) electrons. The lowest BCUT2D eigenvalue weighted by Crippen LogP contribution is -2.50. The van der Waals surface area contributed by atoms with Gasteiger partial charge in [0, 0.05) is 30.9 Å². The van der Waals surface area contributed by atoms with Crippen LogP contribution in [0.1, 0.15) is 23.6 Å². The van der Waals surface area contributed by atoms with Gasteiger partial charge in [0.2, 0.25) is 11.8 Å². The molecule has 6 rings (SSSR count). The van der Waals surface area contributed by atoms with Crippen molar-refractivity contribution in [2.45, 2.75) is 35.7 Å². The molecule has 198 valence electrons. The first-order chi connectivity index (χ1) is 18.9. The Morgan fingerprint density at radius 3 is 2.74 bits per heavy atom. The average molecular weight is 542 g/mol. The van der Waals surface area contributed by atoms with E-state index in [4.69, 9.17) is 4.74 Å². The summed E-state index contributed by atoms with van der Waals surface area (Å²) in [4.78, 5) is 46.6. The van der Waals surface area contributed by atoms with Gasteiger partial charge in [-0.25, -0.2) is 9.78 Å². The van der Waals surface area contributed by atoms with E-state index in [2.05, 4.69) is 22.2 Å². The summed E-state index contributed by atoms with van der Waals surface area (Å²) in [6.07, 6.45) is 3.63. The van der Waals surface area contributed by atoms with Crippen LogP contribution >= 0.6 is 11.8 Å². The number of anilines is 2. The lowest BCUT2D eigenvalue weighted by atomic mass is 9.99. The molecule has 2 aromatic carbocycles. The van der Waals surface area contributed by atoms with E-state index in [1.54, 1.807) is 16.0 Å². The molecule has 3 aliphatic heterocycles. The highest BCUT2D eigenvalue weighted by atomic mass is 32.2. The molecular weight excluding hydrogens is 514 g/mol. The molecule has 4 heterocycles. The highest BCUT2D eigenvalue weighted by Crippen LogP contribution is 2.51. The summed E-state index contributed by atoms with van der Waals surface area (Å²) >= 11 is 1.35. The maximum Gasteiger partial charge on any atom is 0.327 e. The number of benzene rings is 2. The van der Waals surface area contributed by atoms with Gasteiger partial charge in [-0.2, -0.15) is 0 Å². The van der Waals surface area contributed by atoms with E-state index in [1.807, 2.05) is 61.5 Å². The number of hydrogen-bond donors (Lipinski definition) is 2. The number of amides is 4. The van der Waals surface area contributed by atoms with Crippen LogP contribution in [-0.2, 0) is 9.59 Å². The summed E-state index contributed by atoms with van der Waals surface area (Å²) in [7, 11) is 0. The second-order valence-corrected chi connectivity index (χ2v) is 10.8. The van der Waals surface area contributed by atoms with Crippen molar-refractivity contribution >= 4 is 41.0 Å². The average Bonchev–Trinajstić information content (AvgIpc) is 3.55. The summed E-state index contributed by atoms with van der Waals surface area (Å²) < 4.78 is 5.96. The van der Waals surface area contributed by atoms with Gasteiger partial charge in [-0.3, -0.25) is 14.5 Å². The number of urea groups is 1. The van der Waals surface area contributed by atoms with E-state index in [-0.39, 0.29) is 23.9 Å². The number of aromatic nitrogens is 1. The molecule has 9 nitrogen and oxygen atoms in total. The molecule has 0 spiro atoms. The largest absolute Gasteiger partial charge is 0.457 e. The Bertz CT molecular complexity index is 1480. The lowest BCUT2D eigenvalue weighted by molar-refractivity contribution is -0.126. The number of hydrogen-bond acceptors (Lipinski definition) is 6. The number of carbonyl (C=O) groups excluding carboxylic acids is 3. The first kappa shape index (κ1) is 25.0. The van der Waals surface area contributed by atoms with Crippen molar-refractivity contribution in [3.63, 3.8) is 0 Å². The quantitative estimate of drug-likeness (QED) is 0.447. The van der Waals surface area contributed by atoms with E-state index in [1.165, 1.54) is 17.8 Å². The van der Waals surface area contributed by atoms with E-state index in [9.17, 15) is 14.4 Å². The van der Waals surface area contributed by atoms with Crippen molar-refractivity contribution in [3.8, 4) is 11.5 Å². The molecule has 10 heteroatoms. The Kier molecular flexibility index (Phi) is 6.48. The van der Waals surface area contributed by atoms with E-state index in [0.29, 0.717) is 30.9 Å². The number of likely N-dealkylation sites (tertiary alicyclic amines) is 1. The number of carbonyl (C=O) groups is 3. The zero-order valence-corrected chi connectivity index (χ0v) is 22.1. The summed E-state index contributed by atoms with van der Waals surface area (Å²) in [5.74, 6) is 1.08. The zero-order valence-electron chi connectivity index (χ0n) is 21.3. The van der Waals surface area contributed by atoms with Gasteiger partial charge >= 0.3 is 6.03 Å². The monoisotopic (exact) mass is 541 g/mol. The van der Waals surface area contributed by atoms with Crippen molar-refractivity contribution in [2.24, 2.45) is 0 Å². The Morgan fingerprint density at radius 2 is 1.97 bits per heavy atom. The fraction of sp³-hybridized carbons (Fsp3) is 0.241. The molecule has 3 atom stereocenters. The standard InChI is InChI=1S/C29H27N5O4S/c1-3-23(35)33-14-12-18(16-33)31-27(36)26-25-24-22(11-13-30-28(24)39-26)34(29(37)32-25)21-10-9-20(15-17(21)2)38-19-7-5-4-6-8-19/h3-11,13,15,18,25-26H,1,12,14,16H2,2H3,(H,31,36)(H,32,37)/t18?,25?,26-/m0/s1. The highest BCUT2D eigenvalue weighted by molar-refractivity contribution is 8.01. The second kappa shape index (κ2) is 10.1. The summed E-state index contributed by atoms with van der Waals surface area (Å²) in [5.41, 5.74) is 3.12. The summed E-state index contributed by atoms with van der Waals surface area (Å²) in [6, 6.07) is 16.0. The fourth-order valence-corrected chi connectivity index (χ4v) is 6.56. The number of thioether (sulfide) groups is 1. The van der Waals surface area contributed by atoms with Gasteiger partial charge in [-0.15, -0.1) is 0 Å². The Hall–Kier alpha value is -4.31. The van der Waals surface area contributed by atoms with E-state index >= 15 is 0 Å². The highest BCUT2D eigenvalue weighted by Gasteiger charge is 2.47. The number of nitrogens with zero attached hydrogens (tertiary/aromatic N) is 3. The molecule has 1 aromatic heterocycles. The molecule has 2 unspecified atom stereocenters. The van der Waals surface area contributed by atoms with Crippen LogP contribution in [-0.4, -0.2) is 52.1 Å². The van der Waals surface area contributed by atoms with Crippen molar-refractivity contribution < 1.29 is 19.1 Å². The van der Waals surface area contributed by atoms with Crippen LogP contribution in [0.25, 0.3) is 0 Å². The van der Waals surface area contributed by atoms with Crippen molar-refractivity contribution in [1.82, 2.24) is 20.5 Å². The molecule has 3 aromatic rings. The third-order valence-corrected chi connectivity index (χ3v) is 8.46. The maximum atomic E-state index is 13.5. The molecule has 0 bridgehead atoms. The van der Waals surface area contributed by atoms with Gasteiger partial charge in [0.15, 0.2) is 0 Å². The molecule has 3 aliphatic rings. The second-order valence-electron chi connectivity index (χ2n) is 9.70. The minimum atomic E-state index is -0.563. The lowest BCUT2D eigenvalue weighted by Gasteiger charge is -2.35. The predicted molar refractivity (Wildman–Crippen MR) is 148 cm³/mol. The van der Waals surface area contributed by atoms with Gasteiger partial charge in [0.25, 0.3) is 0 Å². The molecule has 1 saturated heterocycles. The number of ether oxygens (including phenoxy) is 1. The van der Waals surface area contributed by atoms with Gasteiger partial charge in [0.05, 0.1) is 17.4 Å². The van der Waals surface area contributed by atoms with Crippen molar-refractivity contribution in [1.29, 1.82) is 0 Å². The third kappa shape index (κ3) is 4.61. The molecule has 1 fully saturated rings. The molecule has 2 N–H and O–H groups in total. The number of pyridine rings is 1. The minimum absolute atomic E-state index is 0.141. The van der Waals surface area contributed by atoms with Gasteiger partial charge in [-0.1, -0.05) is 36.5 Å². The number of nitrogens with one attached hydrogen (secondary N) is 2. The molecule has 39 heavy (non-hydrogen) atoms. The zero-order chi connectivity index (χ0) is 27.1. The first-order valence-electron chi connectivity index (χ1n) is 12.7. The van der Waals surface area contributed by atoms with Crippen LogP contribution in [0, 0.1) is 6.92 Å². The topological polar surface area (TPSA) is 104 Å². The van der Waals surface area contributed by atoms with Gasteiger partial charge in [-0.05, 0) is 61.4 Å². The predicted octanol–water partition coefficient (Wildman–Crippen LogP) is 4.46. The van der Waals surface area contributed by atoms with Crippen molar-refractivity contribution in [3.05, 3.63) is 84.6 Å². The Labute approximate surface area is 230 Å². The minimum Gasteiger partial charge on any atom is -0.457 e. The van der Waals surface area contributed by atoms with E-state index in [0.717, 1.165) is 27.6 Å². The van der Waals surface area contributed by atoms with Crippen LogP contribution < -0.4 is 20.3 Å². The summed E-state index contributed by atoms with van der Waals surface area (Å²) in [6.45, 7) is 6.48. The van der Waals surface area contributed by atoms with Crippen LogP contribution in [0.15, 0.2) is 78.5 Å². The normalized spacial score (nSPS) is 21.3. The Balaban J connectivity index is 1.23. The molecule has 0 aliphatic carbocycles. The number of para-hydroxylation sites is 1. The third-order valence-electron chi connectivity index (χ3n) is 7.17. The smallest absolute Gasteiger partial charge is 0.327 e. The SMILES string of the molecule is C=CC(=O)N1CCC(NC(=O)[C@H]2Sc3nccc4c3C2NC(=O)N4c2ccc(Oc3ccccc3)cc2C)C1. The first-order valence-corrected chi connectivity index (χ1v) is 13.6. The molecule has 4 amide bonds. The van der Waals surface area contributed by atoms with Crippen LogP contribution in [0.3, 0.4) is 0 Å². The van der Waals surface area contributed by atoms with E-state index < -0.39 is 11.3 Å². The van der Waals surface area contributed by atoms with Crippen LogP contribution in [0.2, 0.25) is 0 Å². The Morgan fingerprint density at radius 1 is 1.15 bits per heavy atom. The van der Waals surface area contributed by atoms with Crippen LogP contribution in [0.4, 0.5) is 16.2 Å². The summed E-state index contributed by atoms with van der Waals surface area (Å²) in [5, 5.41) is 6.28. The maximum absolute atomic E-state index is 13.5. The number of rotatable bonds is 6. The van der Waals surface area contributed by atoms with Crippen molar-refractivity contribution in [2.75, 3.05) is 18.0 Å². The van der Waals surface area contributed by atoms with Crippen LogP contribution in [0.5, 0.6) is 11.5 Å². The van der Waals surface area contributed by atoms with Gasteiger partial charge < -0.3 is 20.3 Å².